The predicted molar refractivity (Wildman–Crippen MR) is 80.2 cm³/mol. The number of hydrogen-bond acceptors (Lipinski definition) is 3. The van der Waals surface area contributed by atoms with Crippen molar-refractivity contribution in [3.8, 4) is 0 Å². The highest BCUT2D eigenvalue weighted by atomic mass is 16.2. The second-order valence-corrected chi connectivity index (χ2v) is 4.38. The van der Waals surface area contributed by atoms with Crippen molar-refractivity contribution in [3.63, 3.8) is 0 Å². The van der Waals surface area contributed by atoms with Crippen molar-refractivity contribution < 1.29 is 8.22 Å². The molecule has 2 aromatic rings. The van der Waals surface area contributed by atoms with Crippen LogP contribution in [0.1, 0.15) is 46.5 Å². The van der Waals surface area contributed by atoms with Gasteiger partial charge in [0.05, 0.1) is 0 Å². The van der Waals surface area contributed by atoms with Crippen LogP contribution in [0.15, 0.2) is 46.0 Å². The largest absolute Gasteiger partial charge is 0.365 e. The van der Waals surface area contributed by atoms with Crippen molar-refractivity contribution in [2.75, 3.05) is 5.32 Å². The number of benzene rings is 1. The Morgan fingerprint density at radius 1 is 1.25 bits per heavy atom. The summed E-state index contributed by atoms with van der Waals surface area (Å²) in [7, 11) is 0. The van der Waals surface area contributed by atoms with Gasteiger partial charge in [-0.25, -0.2) is 4.79 Å². The van der Waals surface area contributed by atoms with Gasteiger partial charge in [0.25, 0.3) is 5.56 Å². The minimum atomic E-state index is -3.05. The van der Waals surface area contributed by atoms with E-state index in [0.717, 1.165) is 11.6 Å². The third-order valence-corrected chi connectivity index (χ3v) is 2.90. The Labute approximate surface area is 125 Å². The van der Waals surface area contributed by atoms with E-state index in [0.29, 0.717) is 0 Å². The molecule has 0 bridgehead atoms. The molecular formula is C15H19N3O2. The number of aromatic amines is 1. The lowest BCUT2D eigenvalue weighted by molar-refractivity contribution is 0.546. The lowest BCUT2D eigenvalue weighted by Crippen LogP contribution is -2.36. The van der Waals surface area contributed by atoms with Crippen LogP contribution in [0.25, 0.3) is 0 Å². The summed E-state index contributed by atoms with van der Waals surface area (Å²) in [6, 6.07) is 7.74. The Morgan fingerprint density at radius 3 is 2.55 bits per heavy atom. The first-order valence-electron chi connectivity index (χ1n) is 9.08. The number of aromatic nitrogens is 2. The topological polar surface area (TPSA) is 66.9 Å². The summed E-state index contributed by atoms with van der Waals surface area (Å²) in [4.78, 5) is 26.9. The molecule has 1 aromatic carbocycles. The van der Waals surface area contributed by atoms with Crippen LogP contribution >= 0.6 is 0 Å². The summed E-state index contributed by atoms with van der Waals surface area (Å²) in [5.41, 5.74) is -1.20. The Kier molecular flexibility index (Phi) is 2.34. The summed E-state index contributed by atoms with van der Waals surface area (Å²) in [5, 5.41) is 2.93. The summed E-state index contributed by atoms with van der Waals surface area (Å²) in [5.74, 6) is 0.0717. The van der Waals surface area contributed by atoms with Gasteiger partial charge in [0.2, 0.25) is 0 Å². The quantitative estimate of drug-likeness (QED) is 0.902. The molecule has 0 radical (unpaired) electrons. The smallest absolute Gasteiger partial charge is 0.330 e. The summed E-state index contributed by atoms with van der Waals surface area (Å²) < 4.78 is 44.6. The molecule has 1 atom stereocenters. The molecule has 0 aliphatic carbocycles. The van der Waals surface area contributed by atoms with Crippen molar-refractivity contribution in [2.24, 2.45) is 0 Å². The fourth-order valence-electron chi connectivity index (χ4n) is 1.89. The molecule has 0 amide bonds. The monoisotopic (exact) mass is 279 g/mol. The molecule has 0 aliphatic heterocycles. The van der Waals surface area contributed by atoms with Crippen LogP contribution in [-0.2, 0) is 0 Å². The fraction of sp³-hybridized carbons (Fsp3) is 0.333. The number of anilines is 1. The van der Waals surface area contributed by atoms with E-state index in [4.69, 9.17) is 8.22 Å². The van der Waals surface area contributed by atoms with Crippen LogP contribution in [0.5, 0.6) is 0 Å². The number of nitrogens with one attached hydrogen (secondary N) is 2. The predicted octanol–water partition coefficient (Wildman–Crippen LogP) is 2.29. The zero-order valence-electron chi connectivity index (χ0n) is 16.9. The van der Waals surface area contributed by atoms with Crippen molar-refractivity contribution >= 4 is 5.82 Å². The lowest BCUT2D eigenvalue weighted by atomic mass is 10.1. The Hall–Kier alpha value is -2.30. The van der Waals surface area contributed by atoms with Gasteiger partial charge in [-0.3, -0.25) is 14.3 Å². The molecular weight excluding hydrogens is 254 g/mol. The maximum absolute atomic E-state index is 12.3. The molecule has 0 aliphatic rings. The minimum Gasteiger partial charge on any atom is -0.365 e. The second kappa shape index (κ2) is 5.77. The zero-order chi connectivity index (χ0) is 19.7. The standard InChI is InChI=1S/C15H19N3O2/c1-10(2)18-14(19)9-13(17-15(18)20)16-11(3)12-7-5-4-6-8-12/h4-11,16H,1-3H3,(H,17,20)/t11-/m0/s1/i1D3,2D3. The minimum absolute atomic E-state index is 0.0717. The lowest BCUT2D eigenvalue weighted by Gasteiger charge is -2.16. The third kappa shape index (κ3) is 2.99. The summed E-state index contributed by atoms with van der Waals surface area (Å²) >= 11 is 0. The van der Waals surface area contributed by atoms with Crippen molar-refractivity contribution in [1.82, 2.24) is 9.55 Å². The van der Waals surface area contributed by atoms with Crippen LogP contribution < -0.4 is 16.6 Å². The molecule has 20 heavy (non-hydrogen) atoms. The van der Waals surface area contributed by atoms with Crippen molar-refractivity contribution in [2.45, 2.75) is 32.7 Å². The fourth-order valence-corrected chi connectivity index (χ4v) is 1.89. The van der Waals surface area contributed by atoms with Gasteiger partial charge in [0.1, 0.15) is 5.82 Å². The van der Waals surface area contributed by atoms with E-state index in [2.05, 4.69) is 10.3 Å². The summed E-state index contributed by atoms with van der Waals surface area (Å²) in [6.45, 7) is -4.28. The van der Waals surface area contributed by atoms with E-state index in [1.165, 1.54) is 0 Å². The molecule has 1 aromatic heterocycles. The van der Waals surface area contributed by atoms with E-state index in [1.807, 2.05) is 37.3 Å². The highest BCUT2D eigenvalue weighted by Gasteiger charge is 2.10. The van der Waals surface area contributed by atoms with Gasteiger partial charge in [0.15, 0.2) is 0 Å². The second-order valence-electron chi connectivity index (χ2n) is 4.38. The average Bonchev–Trinajstić information content (AvgIpc) is 2.49. The van der Waals surface area contributed by atoms with Crippen LogP contribution in [0.2, 0.25) is 0 Å². The number of nitrogens with zero attached hydrogens (tertiary/aromatic N) is 1. The normalized spacial score (nSPS) is 18.1. The van der Waals surface area contributed by atoms with Gasteiger partial charge in [-0.2, -0.15) is 0 Å². The number of hydrogen-bond donors (Lipinski definition) is 2. The van der Waals surface area contributed by atoms with Crippen LogP contribution in [0.4, 0.5) is 5.82 Å². The maximum atomic E-state index is 12.3. The molecule has 0 spiro atoms. The first kappa shape index (κ1) is 8.09. The van der Waals surface area contributed by atoms with Crippen LogP contribution in [0.3, 0.4) is 0 Å². The molecule has 2 N–H and O–H groups in total. The van der Waals surface area contributed by atoms with Gasteiger partial charge >= 0.3 is 5.69 Å². The molecule has 0 saturated carbocycles. The third-order valence-electron chi connectivity index (χ3n) is 2.90. The van der Waals surface area contributed by atoms with Gasteiger partial charge in [-0.05, 0) is 26.2 Å². The number of H-pyrrole nitrogens is 1. The molecule has 106 valence electrons. The van der Waals surface area contributed by atoms with Gasteiger partial charge in [-0.15, -0.1) is 0 Å². The van der Waals surface area contributed by atoms with E-state index >= 15 is 0 Å². The van der Waals surface area contributed by atoms with Crippen molar-refractivity contribution in [3.05, 3.63) is 62.8 Å². The first-order valence-corrected chi connectivity index (χ1v) is 6.08. The highest BCUT2D eigenvalue weighted by Crippen LogP contribution is 2.15. The first-order chi connectivity index (χ1) is 11.9. The van der Waals surface area contributed by atoms with Crippen molar-refractivity contribution in [1.29, 1.82) is 0 Å². The Bertz CT molecular complexity index is 825. The van der Waals surface area contributed by atoms with E-state index < -0.39 is 31.0 Å². The molecule has 5 nitrogen and oxygen atoms in total. The Morgan fingerprint density at radius 2 is 1.95 bits per heavy atom. The zero-order valence-corrected chi connectivity index (χ0v) is 10.9. The molecule has 0 unspecified atom stereocenters. The molecule has 5 heteroatoms. The summed E-state index contributed by atoms with van der Waals surface area (Å²) in [6.07, 6.45) is 0. The highest BCUT2D eigenvalue weighted by molar-refractivity contribution is 5.36. The van der Waals surface area contributed by atoms with Crippen LogP contribution in [-0.4, -0.2) is 9.55 Å². The van der Waals surface area contributed by atoms with Gasteiger partial charge < -0.3 is 5.32 Å². The van der Waals surface area contributed by atoms with E-state index in [9.17, 15) is 9.59 Å². The van der Waals surface area contributed by atoms with Gasteiger partial charge in [-0.1, -0.05) is 30.3 Å². The molecule has 2 rings (SSSR count). The van der Waals surface area contributed by atoms with E-state index in [1.54, 1.807) is 0 Å². The molecule has 1 heterocycles. The maximum Gasteiger partial charge on any atom is 0.330 e. The SMILES string of the molecule is [2H]C([2H])([2H])C(n1c(=O)cc(N[C@@H](C)c2ccccc2)[nH]c1=O)C([2H])([2H])[2H]. The molecule has 0 fully saturated rings. The van der Waals surface area contributed by atoms with Gasteiger partial charge in [0, 0.05) is 26.4 Å². The van der Waals surface area contributed by atoms with Crippen LogP contribution in [0, 0.1) is 0 Å². The van der Waals surface area contributed by atoms with E-state index in [-0.39, 0.29) is 16.4 Å². The molecule has 0 saturated heterocycles. The average molecular weight is 279 g/mol. The number of rotatable bonds is 4. The Balaban J connectivity index is 2.43.